The standard InChI is InChI=1S/C15H28N4OS/c1-6-16-14(17-8-7-9-20-5)18-10-13-19-12(11-21-13)15(2,3)4/h11H,6-10H2,1-5H3,(H2,16,17,18). The second-order valence-corrected chi connectivity index (χ2v) is 6.79. The van der Waals surface area contributed by atoms with Gasteiger partial charge in [-0.2, -0.15) is 0 Å². The summed E-state index contributed by atoms with van der Waals surface area (Å²) in [7, 11) is 1.72. The third kappa shape index (κ3) is 6.91. The van der Waals surface area contributed by atoms with Crippen molar-refractivity contribution < 1.29 is 4.74 Å². The van der Waals surface area contributed by atoms with Gasteiger partial charge in [-0.05, 0) is 13.3 Å². The van der Waals surface area contributed by atoms with Crippen molar-refractivity contribution in [2.45, 2.75) is 46.1 Å². The number of nitrogens with one attached hydrogen (secondary N) is 2. The predicted octanol–water partition coefficient (Wildman–Crippen LogP) is 2.53. The molecular formula is C15H28N4OS. The van der Waals surface area contributed by atoms with Crippen molar-refractivity contribution in [3.63, 3.8) is 0 Å². The van der Waals surface area contributed by atoms with Crippen LogP contribution in [0.3, 0.4) is 0 Å². The van der Waals surface area contributed by atoms with Gasteiger partial charge in [-0.15, -0.1) is 11.3 Å². The van der Waals surface area contributed by atoms with E-state index in [1.165, 1.54) is 0 Å². The molecule has 1 aromatic rings. The Balaban J connectivity index is 2.54. The van der Waals surface area contributed by atoms with Gasteiger partial charge in [0.15, 0.2) is 5.96 Å². The maximum absolute atomic E-state index is 5.04. The molecule has 0 amide bonds. The summed E-state index contributed by atoms with van der Waals surface area (Å²) < 4.78 is 5.04. The van der Waals surface area contributed by atoms with Crippen molar-refractivity contribution in [3.05, 3.63) is 16.1 Å². The highest BCUT2D eigenvalue weighted by molar-refractivity contribution is 7.09. The Morgan fingerprint density at radius 1 is 1.38 bits per heavy atom. The van der Waals surface area contributed by atoms with Crippen LogP contribution in [0.4, 0.5) is 0 Å². The fraction of sp³-hybridized carbons (Fsp3) is 0.733. The minimum absolute atomic E-state index is 0.0986. The second-order valence-electron chi connectivity index (χ2n) is 5.84. The van der Waals surface area contributed by atoms with Gasteiger partial charge in [0.2, 0.25) is 0 Å². The smallest absolute Gasteiger partial charge is 0.191 e. The second kappa shape index (κ2) is 9.00. The van der Waals surface area contributed by atoms with E-state index in [1.54, 1.807) is 18.4 Å². The molecule has 0 aromatic carbocycles. The van der Waals surface area contributed by atoms with Crippen LogP contribution in [0.2, 0.25) is 0 Å². The van der Waals surface area contributed by atoms with E-state index in [0.717, 1.165) is 42.8 Å². The minimum atomic E-state index is 0.0986. The molecule has 21 heavy (non-hydrogen) atoms. The number of thiazole rings is 1. The van der Waals surface area contributed by atoms with E-state index in [1.807, 2.05) is 0 Å². The number of methoxy groups -OCH3 is 1. The monoisotopic (exact) mass is 312 g/mol. The highest BCUT2D eigenvalue weighted by Crippen LogP contribution is 2.24. The van der Waals surface area contributed by atoms with Gasteiger partial charge in [0, 0.05) is 37.6 Å². The lowest BCUT2D eigenvalue weighted by molar-refractivity contribution is 0.195. The van der Waals surface area contributed by atoms with Gasteiger partial charge in [-0.3, -0.25) is 0 Å². The molecule has 0 saturated heterocycles. The van der Waals surface area contributed by atoms with E-state index in [9.17, 15) is 0 Å². The summed E-state index contributed by atoms with van der Waals surface area (Å²) in [6, 6.07) is 0. The number of hydrogen-bond acceptors (Lipinski definition) is 4. The first-order valence-electron chi connectivity index (χ1n) is 7.43. The van der Waals surface area contributed by atoms with Crippen LogP contribution in [0.1, 0.15) is 44.8 Å². The number of aromatic nitrogens is 1. The summed E-state index contributed by atoms with van der Waals surface area (Å²) in [5, 5.41) is 9.72. The van der Waals surface area contributed by atoms with Crippen molar-refractivity contribution in [3.8, 4) is 0 Å². The highest BCUT2D eigenvalue weighted by atomic mass is 32.1. The minimum Gasteiger partial charge on any atom is -0.385 e. The van der Waals surface area contributed by atoms with Crippen LogP contribution in [0.15, 0.2) is 10.4 Å². The van der Waals surface area contributed by atoms with E-state index >= 15 is 0 Å². The fourth-order valence-electron chi connectivity index (χ4n) is 1.64. The van der Waals surface area contributed by atoms with Crippen LogP contribution in [0.5, 0.6) is 0 Å². The zero-order valence-electron chi connectivity index (χ0n) is 13.8. The van der Waals surface area contributed by atoms with Crippen LogP contribution in [-0.2, 0) is 16.7 Å². The predicted molar refractivity (Wildman–Crippen MR) is 90.1 cm³/mol. The van der Waals surface area contributed by atoms with E-state index in [4.69, 9.17) is 4.74 Å². The van der Waals surface area contributed by atoms with Gasteiger partial charge in [-0.1, -0.05) is 20.8 Å². The summed E-state index contributed by atoms with van der Waals surface area (Å²) in [6.07, 6.45) is 0.965. The zero-order chi connectivity index (χ0) is 15.7. The molecule has 0 radical (unpaired) electrons. The van der Waals surface area contributed by atoms with Crippen molar-refractivity contribution in [1.29, 1.82) is 0 Å². The molecule has 5 nitrogen and oxygen atoms in total. The Labute approximate surface area is 132 Å². The van der Waals surface area contributed by atoms with Crippen LogP contribution < -0.4 is 10.6 Å². The summed E-state index contributed by atoms with van der Waals surface area (Å²) in [6.45, 7) is 11.7. The zero-order valence-corrected chi connectivity index (χ0v) is 14.6. The van der Waals surface area contributed by atoms with Crippen molar-refractivity contribution >= 4 is 17.3 Å². The molecule has 0 atom stereocenters. The molecule has 0 saturated carbocycles. The van der Waals surface area contributed by atoms with E-state index < -0.39 is 0 Å². The first-order valence-corrected chi connectivity index (χ1v) is 8.31. The summed E-state index contributed by atoms with van der Waals surface area (Å²) >= 11 is 1.67. The molecule has 0 bridgehead atoms. The average molecular weight is 312 g/mol. The molecule has 0 aliphatic rings. The molecule has 1 rings (SSSR count). The van der Waals surface area contributed by atoms with Crippen LogP contribution >= 0.6 is 11.3 Å². The maximum atomic E-state index is 5.04. The van der Waals surface area contributed by atoms with E-state index in [2.05, 4.69) is 53.7 Å². The largest absolute Gasteiger partial charge is 0.385 e. The molecule has 2 N–H and O–H groups in total. The molecule has 1 heterocycles. The lowest BCUT2D eigenvalue weighted by atomic mass is 9.93. The Morgan fingerprint density at radius 3 is 2.71 bits per heavy atom. The Kier molecular flexibility index (Phi) is 7.67. The molecular weight excluding hydrogens is 284 g/mol. The average Bonchev–Trinajstić information content (AvgIpc) is 2.89. The van der Waals surface area contributed by atoms with Gasteiger partial charge >= 0.3 is 0 Å². The number of guanidine groups is 1. The highest BCUT2D eigenvalue weighted by Gasteiger charge is 2.17. The normalized spacial score (nSPS) is 12.5. The molecule has 6 heteroatoms. The first-order chi connectivity index (χ1) is 9.97. The molecule has 0 fully saturated rings. The number of hydrogen-bond donors (Lipinski definition) is 2. The van der Waals surface area contributed by atoms with Crippen LogP contribution in [-0.4, -0.2) is 37.7 Å². The lowest BCUT2D eigenvalue weighted by Gasteiger charge is -2.14. The number of nitrogens with zero attached hydrogens (tertiary/aromatic N) is 2. The molecule has 0 aliphatic carbocycles. The van der Waals surface area contributed by atoms with Gasteiger partial charge in [0.25, 0.3) is 0 Å². The van der Waals surface area contributed by atoms with Gasteiger partial charge in [-0.25, -0.2) is 9.98 Å². The van der Waals surface area contributed by atoms with E-state index in [-0.39, 0.29) is 5.41 Å². The Morgan fingerprint density at radius 2 is 2.14 bits per heavy atom. The SMILES string of the molecule is CCNC(=NCc1nc(C(C)(C)C)cs1)NCCCOC. The van der Waals surface area contributed by atoms with Crippen molar-refractivity contribution in [2.24, 2.45) is 4.99 Å². The molecule has 0 aliphatic heterocycles. The summed E-state index contributed by atoms with van der Waals surface area (Å²) in [4.78, 5) is 9.24. The molecule has 0 spiro atoms. The number of aliphatic imine (C=N–C) groups is 1. The Hall–Kier alpha value is -1.14. The third-order valence-corrected chi connectivity index (χ3v) is 3.69. The summed E-state index contributed by atoms with van der Waals surface area (Å²) in [5.41, 5.74) is 1.23. The van der Waals surface area contributed by atoms with Crippen molar-refractivity contribution in [2.75, 3.05) is 26.8 Å². The van der Waals surface area contributed by atoms with Crippen molar-refractivity contribution in [1.82, 2.24) is 15.6 Å². The van der Waals surface area contributed by atoms with Crippen LogP contribution in [0, 0.1) is 0 Å². The van der Waals surface area contributed by atoms with Gasteiger partial charge < -0.3 is 15.4 Å². The fourth-order valence-corrected chi connectivity index (χ4v) is 2.58. The summed E-state index contributed by atoms with van der Waals surface area (Å²) in [5.74, 6) is 0.834. The quantitative estimate of drug-likeness (QED) is 0.461. The molecule has 1 aromatic heterocycles. The van der Waals surface area contributed by atoms with Crippen LogP contribution in [0.25, 0.3) is 0 Å². The third-order valence-electron chi connectivity index (χ3n) is 2.85. The van der Waals surface area contributed by atoms with Gasteiger partial charge in [0.05, 0.1) is 12.2 Å². The number of ether oxygens (including phenoxy) is 1. The molecule has 0 unspecified atom stereocenters. The topological polar surface area (TPSA) is 58.5 Å². The number of rotatable bonds is 7. The lowest BCUT2D eigenvalue weighted by Crippen LogP contribution is -2.38. The molecule has 120 valence electrons. The van der Waals surface area contributed by atoms with E-state index in [0.29, 0.717) is 6.54 Å². The first kappa shape index (κ1) is 17.9. The Bertz CT molecular complexity index is 437. The maximum Gasteiger partial charge on any atom is 0.191 e. The van der Waals surface area contributed by atoms with Gasteiger partial charge in [0.1, 0.15) is 5.01 Å².